The summed E-state index contributed by atoms with van der Waals surface area (Å²) in [5.41, 5.74) is 1.91. The zero-order valence-corrected chi connectivity index (χ0v) is 22.4. The maximum absolute atomic E-state index is 13.1. The Morgan fingerprint density at radius 1 is 1.16 bits per heavy atom. The molecule has 1 saturated carbocycles. The quantitative estimate of drug-likeness (QED) is 0.258. The molecule has 32 heavy (non-hydrogen) atoms. The molecular weight excluding hydrogens is 574 g/mol. The summed E-state index contributed by atoms with van der Waals surface area (Å²) in [6.45, 7) is 0.418. The fraction of sp³-hybridized carbons (Fsp3) is 0.333. The van der Waals surface area contributed by atoms with Crippen molar-refractivity contribution in [1.82, 2.24) is 4.90 Å². The van der Waals surface area contributed by atoms with Gasteiger partial charge in [0.2, 0.25) is 0 Å². The van der Waals surface area contributed by atoms with E-state index in [0.29, 0.717) is 27.3 Å². The SMILES string of the molecule is COc1cc(/C=C2\SC(=S)N(C3CCCCC3)C2=O)cc(Br)c1OCc1ccc(Br)cc1. The lowest BCUT2D eigenvalue weighted by Crippen LogP contribution is -2.39. The van der Waals surface area contributed by atoms with Crippen LogP contribution in [0.5, 0.6) is 11.5 Å². The van der Waals surface area contributed by atoms with Crippen LogP contribution in [0.15, 0.2) is 50.2 Å². The molecule has 2 aliphatic rings. The van der Waals surface area contributed by atoms with Gasteiger partial charge in [-0.15, -0.1) is 0 Å². The smallest absolute Gasteiger partial charge is 0.266 e. The molecular formula is C24H23Br2NO3S2. The highest BCUT2D eigenvalue weighted by atomic mass is 79.9. The predicted molar refractivity (Wildman–Crippen MR) is 141 cm³/mol. The number of thiocarbonyl (C=S) groups is 1. The van der Waals surface area contributed by atoms with E-state index in [1.165, 1.54) is 18.2 Å². The second-order valence-electron chi connectivity index (χ2n) is 7.79. The zero-order chi connectivity index (χ0) is 22.7. The second kappa shape index (κ2) is 10.7. The summed E-state index contributed by atoms with van der Waals surface area (Å²) in [7, 11) is 1.61. The molecule has 0 bridgehead atoms. The first kappa shape index (κ1) is 23.8. The second-order valence-corrected chi connectivity index (χ2v) is 11.2. The van der Waals surface area contributed by atoms with Crippen LogP contribution in [0.1, 0.15) is 43.2 Å². The van der Waals surface area contributed by atoms with Gasteiger partial charge in [-0.3, -0.25) is 9.69 Å². The summed E-state index contributed by atoms with van der Waals surface area (Å²) in [5, 5.41) is 0. The van der Waals surface area contributed by atoms with Crippen LogP contribution in [0, 0.1) is 0 Å². The molecule has 4 nitrogen and oxygen atoms in total. The van der Waals surface area contributed by atoms with Gasteiger partial charge >= 0.3 is 0 Å². The average molecular weight is 597 g/mol. The van der Waals surface area contributed by atoms with Gasteiger partial charge in [0.05, 0.1) is 16.5 Å². The van der Waals surface area contributed by atoms with Crippen LogP contribution in [-0.4, -0.2) is 28.3 Å². The lowest BCUT2D eigenvalue weighted by atomic mass is 9.94. The topological polar surface area (TPSA) is 38.8 Å². The number of carbonyl (C=O) groups excluding carboxylic acids is 1. The van der Waals surface area contributed by atoms with Gasteiger partial charge in [0.15, 0.2) is 11.5 Å². The van der Waals surface area contributed by atoms with Crippen LogP contribution in [0.3, 0.4) is 0 Å². The Morgan fingerprint density at radius 3 is 2.56 bits per heavy atom. The van der Waals surface area contributed by atoms with Crippen molar-refractivity contribution in [3.05, 3.63) is 61.4 Å². The number of hydrogen-bond donors (Lipinski definition) is 0. The first-order valence-corrected chi connectivity index (χ1v) is 13.3. The number of carbonyl (C=O) groups is 1. The largest absolute Gasteiger partial charge is 0.493 e. The molecule has 0 spiro atoms. The van der Waals surface area contributed by atoms with Gasteiger partial charge < -0.3 is 9.47 Å². The van der Waals surface area contributed by atoms with Crippen molar-refractivity contribution in [2.45, 2.75) is 44.8 Å². The Bertz CT molecular complexity index is 1050. The maximum Gasteiger partial charge on any atom is 0.266 e. The molecule has 4 rings (SSSR count). The van der Waals surface area contributed by atoms with E-state index < -0.39 is 0 Å². The number of benzene rings is 2. The third-order valence-corrected chi connectivity index (χ3v) is 8.06. The molecule has 0 N–H and O–H groups in total. The monoisotopic (exact) mass is 595 g/mol. The fourth-order valence-corrected chi connectivity index (χ4v) is 6.22. The highest BCUT2D eigenvalue weighted by Crippen LogP contribution is 2.41. The van der Waals surface area contributed by atoms with Crippen molar-refractivity contribution in [1.29, 1.82) is 0 Å². The molecule has 8 heteroatoms. The normalized spacial score (nSPS) is 18.5. The molecule has 0 radical (unpaired) electrons. The van der Waals surface area contributed by atoms with Crippen LogP contribution in [-0.2, 0) is 11.4 Å². The molecule has 2 fully saturated rings. The van der Waals surface area contributed by atoms with Gasteiger partial charge in [0.1, 0.15) is 10.9 Å². The number of rotatable bonds is 6. The average Bonchev–Trinajstić information content (AvgIpc) is 3.07. The van der Waals surface area contributed by atoms with E-state index in [1.54, 1.807) is 7.11 Å². The third kappa shape index (κ3) is 5.41. The minimum Gasteiger partial charge on any atom is -0.493 e. The summed E-state index contributed by atoms with van der Waals surface area (Å²) in [6.07, 6.45) is 7.51. The van der Waals surface area contributed by atoms with Crippen LogP contribution in [0.25, 0.3) is 6.08 Å². The Hall–Kier alpha value is -1.35. The van der Waals surface area contributed by atoms with E-state index in [1.807, 2.05) is 47.4 Å². The van der Waals surface area contributed by atoms with Crippen LogP contribution in [0.4, 0.5) is 0 Å². The minimum atomic E-state index is 0.0116. The number of nitrogens with zero attached hydrogens (tertiary/aromatic N) is 1. The molecule has 1 amide bonds. The Morgan fingerprint density at radius 2 is 1.88 bits per heavy atom. The van der Waals surface area contributed by atoms with Gasteiger partial charge in [-0.25, -0.2) is 0 Å². The standard InChI is InChI=1S/C24H23Br2NO3S2/c1-29-20-12-16(11-19(26)22(20)30-14-15-7-9-17(25)10-8-15)13-21-23(28)27(24(31)32-21)18-5-3-2-4-6-18/h7-13,18H,2-6,14H2,1H3/b21-13-. The Labute approximate surface area is 215 Å². The molecule has 1 saturated heterocycles. The highest BCUT2D eigenvalue weighted by molar-refractivity contribution is 9.10. The van der Waals surface area contributed by atoms with E-state index >= 15 is 0 Å². The first-order valence-electron chi connectivity index (χ1n) is 10.5. The molecule has 1 heterocycles. The van der Waals surface area contributed by atoms with Crippen LogP contribution in [0.2, 0.25) is 0 Å². The van der Waals surface area contributed by atoms with Gasteiger partial charge in [0.25, 0.3) is 5.91 Å². The predicted octanol–water partition coefficient (Wildman–Crippen LogP) is 7.33. The number of amides is 1. The van der Waals surface area contributed by atoms with Crippen molar-refractivity contribution < 1.29 is 14.3 Å². The Balaban J connectivity index is 1.53. The lowest BCUT2D eigenvalue weighted by molar-refractivity contribution is -0.124. The molecule has 1 aliphatic heterocycles. The summed E-state index contributed by atoms with van der Waals surface area (Å²) in [6, 6.07) is 12.0. The molecule has 0 unspecified atom stereocenters. The molecule has 0 aromatic heterocycles. The first-order chi connectivity index (χ1) is 15.5. The van der Waals surface area contributed by atoms with E-state index in [-0.39, 0.29) is 11.9 Å². The fourth-order valence-electron chi connectivity index (χ4n) is 3.98. The summed E-state index contributed by atoms with van der Waals surface area (Å²) in [5.74, 6) is 1.24. The van der Waals surface area contributed by atoms with E-state index in [0.717, 1.165) is 45.8 Å². The molecule has 1 aliphatic carbocycles. The van der Waals surface area contributed by atoms with Crippen molar-refractivity contribution in [3.8, 4) is 11.5 Å². The number of methoxy groups -OCH3 is 1. The number of thioether (sulfide) groups is 1. The molecule has 2 aromatic carbocycles. The Kier molecular flexibility index (Phi) is 7.97. The van der Waals surface area contributed by atoms with Gasteiger partial charge in [-0.1, -0.05) is 71.3 Å². The number of hydrogen-bond acceptors (Lipinski definition) is 5. The minimum absolute atomic E-state index is 0.0116. The van der Waals surface area contributed by atoms with Gasteiger partial charge in [-0.05, 0) is 70.2 Å². The number of halogens is 2. The lowest BCUT2D eigenvalue weighted by Gasteiger charge is -2.29. The van der Waals surface area contributed by atoms with Gasteiger partial charge in [0, 0.05) is 10.5 Å². The van der Waals surface area contributed by atoms with E-state index in [2.05, 4.69) is 31.9 Å². The summed E-state index contributed by atoms with van der Waals surface area (Å²) in [4.78, 5) is 15.6. The van der Waals surface area contributed by atoms with Crippen molar-refractivity contribution in [3.63, 3.8) is 0 Å². The van der Waals surface area contributed by atoms with Crippen LogP contribution < -0.4 is 9.47 Å². The molecule has 168 valence electrons. The van der Waals surface area contributed by atoms with E-state index in [4.69, 9.17) is 21.7 Å². The molecule has 2 aromatic rings. The highest BCUT2D eigenvalue weighted by Gasteiger charge is 2.37. The van der Waals surface area contributed by atoms with Crippen molar-refractivity contribution in [2.75, 3.05) is 7.11 Å². The number of ether oxygens (including phenoxy) is 2. The van der Waals surface area contributed by atoms with E-state index in [9.17, 15) is 4.79 Å². The molecule has 0 atom stereocenters. The summed E-state index contributed by atoms with van der Waals surface area (Å²) < 4.78 is 14.1. The zero-order valence-electron chi connectivity index (χ0n) is 17.6. The van der Waals surface area contributed by atoms with Crippen LogP contribution >= 0.6 is 55.8 Å². The van der Waals surface area contributed by atoms with Crippen molar-refractivity contribution >= 4 is 72.1 Å². The maximum atomic E-state index is 13.1. The van der Waals surface area contributed by atoms with Crippen molar-refractivity contribution in [2.24, 2.45) is 0 Å². The summed E-state index contributed by atoms with van der Waals surface area (Å²) >= 11 is 14.0. The van der Waals surface area contributed by atoms with Gasteiger partial charge in [-0.2, -0.15) is 0 Å². The third-order valence-electron chi connectivity index (χ3n) is 5.61.